The molecule has 0 saturated carbocycles. The van der Waals surface area contributed by atoms with E-state index in [1.807, 2.05) is 0 Å². The van der Waals surface area contributed by atoms with Crippen molar-refractivity contribution in [3.05, 3.63) is 70.8 Å². The fourth-order valence-electron chi connectivity index (χ4n) is 3.27. The van der Waals surface area contributed by atoms with Crippen molar-refractivity contribution in [1.29, 1.82) is 0 Å². The van der Waals surface area contributed by atoms with Crippen molar-refractivity contribution in [3.8, 4) is 0 Å². The standard InChI is InChI=1S/C18H22N2/c1-13-6-5-7-14(10-13)12-20(2)18-11-17(19)15-8-3-4-9-16(15)18/h3-10,17-18H,11-12,19H2,1-2H3. The molecule has 2 aromatic rings. The highest BCUT2D eigenvalue weighted by molar-refractivity contribution is 5.37. The van der Waals surface area contributed by atoms with Crippen LogP contribution in [0.5, 0.6) is 0 Å². The molecule has 0 aliphatic heterocycles. The summed E-state index contributed by atoms with van der Waals surface area (Å²) in [5.41, 5.74) is 11.7. The molecule has 1 aliphatic rings. The highest BCUT2D eigenvalue weighted by atomic mass is 15.1. The summed E-state index contributed by atoms with van der Waals surface area (Å²) in [5, 5.41) is 0. The molecular formula is C18H22N2. The minimum atomic E-state index is 0.177. The quantitative estimate of drug-likeness (QED) is 0.920. The van der Waals surface area contributed by atoms with Gasteiger partial charge in [-0.1, -0.05) is 54.1 Å². The molecule has 2 nitrogen and oxygen atoms in total. The second kappa shape index (κ2) is 5.39. The van der Waals surface area contributed by atoms with Crippen LogP contribution >= 0.6 is 0 Å². The summed E-state index contributed by atoms with van der Waals surface area (Å²) in [6.45, 7) is 3.11. The number of hydrogen-bond donors (Lipinski definition) is 1. The molecule has 2 aromatic carbocycles. The Balaban J connectivity index is 1.80. The van der Waals surface area contributed by atoms with Crippen molar-refractivity contribution in [2.75, 3.05) is 7.05 Å². The highest BCUT2D eigenvalue weighted by Gasteiger charge is 2.30. The van der Waals surface area contributed by atoms with Crippen LogP contribution in [0.3, 0.4) is 0 Å². The Morgan fingerprint density at radius 3 is 2.60 bits per heavy atom. The van der Waals surface area contributed by atoms with Crippen LogP contribution < -0.4 is 5.73 Å². The van der Waals surface area contributed by atoms with Crippen LogP contribution in [0.2, 0.25) is 0 Å². The van der Waals surface area contributed by atoms with Gasteiger partial charge >= 0.3 is 0 Å². The Kier molecular flexibility index (Phi) is 3.60. The van der Waals surface area contributed by atoms with Crippen LogP contribution in [-0.2, 0) is 6.54 Å². The molecule has 0 aromatic heterocycles. The molecule has 2 heteroatoms. The van der Waals surface area contributed by atoms with Gasteiger partial charge in [-0.3, -0.25) is 4.90 Å². The van der Waals surface area contributed by atoms with Gasteiger partial charge in [0.05, 0.1) is 0 Å². The van der Waals surface area contributed by atoms with Gasteiger partial charge in [-0.05, 0) is 37.1 Å². The predicted molar refractivity (Wildman–Crippen MR) is 83.4 cm³/mol. The summed E-state index contributed by atoms with van der Waals surface area (Å²) in [6, 6.07) is 17.9. The minimum Gasteiger partial charge on any atom is -0.324 e. The van der Waals surface area contributed by atoms with Gasteiger partial charge in [0, 0.05) is 18.6 Å². The molecule has 104 valence electrons. The third kappa shape index (κ3) is 2.49. The van der Waals surface area contributed by atoms with E-state index < -0.39 is 0 Å². The summed E-state index contributed by atoms with van der Waals surface area (Å²) in [4.78, 5) is 2.42. The smallest absolute Gasteiger partial charge is 0.0369 e. The topological polar surface area (TPSA) is 29.3 Å². The summed E-state index contributed by atoms with van der Waals surface area (Å²) < 4.78 is 0. The Morgan fingerprint density at radius 2 is 1.85 bits per heavy atom. The second-order valence-electron chi connectivity index (χ2n) is 5.89. The molecule has 0 radical (unpaired) electrons. The number of aryl methyl sites for hydroxylation is 1. The van der Waals surface area contributed by atoms with Crippen molar-refractivity contribution in [2.45, 2.75) is 32.0 Å². The molecule has 20 heavy (non-hydrogen) atoms. The van der Waals surface area contributed by atoms with Gasteiger partial charge in [0.2, 0.25) is 0 Å². The van der Waals surface area contributed by atoms with Crippen molar-refractivity contribution in [1.82, 2.24) is 4.90 Å². The van der Waals surface area contributed by atoms with Gasteiger partial charge in [-0.15, -0.1) is 0 Å². The number of fused-ring (bicyclic) bond motifs is 1. The molecule has 0 fully saturated rings. The van der Waals surface area contributed by atoms with Gasteiger partial charge in [-0.25, -0.2) is 0 Å². The van der Waals surface area contributed by atoms with Crippen LogP contribution in [0.4, 0.5) is 0 Å². The maximum atomic E-state index is 6.27. The average molecular weight is 266 g/mol. The van der Waals surface area contributed by atoms with Crippen LogP contribution in [-0.4, -0.2) is 11.9 Å². The zero-order valence-electron chi connectivity index (χ0n) is 12.2. The number of nitrogens with two attached hydrogens (primary N) is 1. The van der Waals surface area contributed by atoms with E-state index in [2.05, 4.69) is 67.4 Å². The Labute approximate surface area is 121 Å². The van der Waals surface area contributed by atoms with E-state index in [0.29, 0.717) is 6.04 Å². The van der Waals surface area contributed by atoms with E-state index in [0.717, 1.165) is 13.0 Å². The third-order valence-corrected chi connectivity index (χ3v) is 4.28. The predicted octanol–water partition coefficient (Wildman–Crippen LogP) is 3.57. The first-order valence-corrected chi connectivity index (χ1v) is 7.25. The van der Waals surface area contributed by atoms with E-state index in [9.17, 15) is 0 Å². The lowest BCUT2D eigenvalue weighted by Gasteiger charge is -2.25. The summed E-state index contributed by atoms with van der Waals surface area (Å²) >= 11 is 0. The SMILES string of the molecule is Cc1cccc(CN(C)C2CC(N)c3ccccc32)c1. The maximum Gasteiger partial charge on any atom is 0.0369 e. The average Bonchev–Trinajstić information content (AvgIpc) is 2.77. The fourth-order valence-corrected chi connectivity index (χ4v) is 3.27. The lowest BCUT2D eigenvalue weighted by atomic mass is 10.1. The first-order valence-electron chi connectivity index (χ1n) is 7.25. The monoisotopic (exact) mass is 266 g/mol. The summed E-state index contributed by atoms with van der Waals surface area (Å²) in [5.74, 6) is 0. The molecular weight excluding hydrogens is 244 g/mol. The number of rotatable bonds is 3. The number of nitrogens with zero attached hydrogens (tertiary/aromatic N) is 1. The summed E-state index contributed by atoms with van der Waals surface area (Å²) in [7, 11) is 2.20. The molecule has 0 saturated heterocycles. The van der Waals surface area contributed by atoms with Crippen LogP contribution in [0.1, 0.15) is 40.8 Å². The van der Waals surface area contributed by atoms with E-state index in [1.54, 1.807) is 0 Å². The van der Waals surface area contributed by atoms with Crippen molar-refractivity contribution in [2.24, 2.45) is 5.73 Å². The first-order chi connectivity index (χ1) is 9.65. The van der Waals surface area contributed by atoms with Crippen molar-refractivity contribution < 1.29 is 0 Å². The normalized spacial score (nSPS) is 21.2. The molecule has 3 rings (SSSR count). The number of benzene rings is 2. The molecule has 2 atom stereocenters. The third-order valence-electron chi connectivity index (χ3n) is 4.28. The summed E-state index contributed by atoms with van der Waals surface area (Å²) in [6.07, 6.45) is 1.02. The lowest BCUT2D eigenvalue weighted by molar-refractivity contribution is 0.229. The van der Waals surface area contributed by atoms with Crippen molar-refractivity contribution in [3.63, 3.8) is 0 Å². The van der Waals surface area contributed by atoms with Crippen LogP contribution in [0, 0.1) is 6.92 Å². The van der Waals surface area contributed by atoms with Gasteiger partial charge in [-0.2, -0.15) is 0 Å². The van der Waals surface area contributed by atoms with E-state index in [4.69, 9.17) is 5.73 Å². The van der Waals surface area contributed by atoms with Gasteiger partial charge in [0.25, 0.3) is 0 Å². The zero-order valence-corrected chi connectivity index (χ0v) is 12.2. The minimum absolute atomic E-state index is 0.177. The van der Waals surface area contributed by atoms with Crippen LogP contribution in [0.25, 0.3) is 0 Å². The molecule has 2 N–H and O–H groups in total. The van der Waals surface area contributed by atoms with Crippen LogP contribution in [0.15, 0.2) is 48.5 Å². The Bertz CT molecular complexity index is 606. The highest BCUT2D eigenvalue weighted by Crippen LogP contribution is 2.40. The molecule has 0 bridgehead atoms. The molecule has 0 spiro atoms. The van der Waals surface area contributed by atoms with Gasteiger partial charge in [0.15, 0.2) is 0 Å². The van der Waals surface area contributed by atoms with Gasteiger partial charge < -0.3 is 5.73 Å². The van der Waals surface area contributed by atoms with E-state index in [-0.39, 0.29) is 6.04 Å². The Hall–Kier alpha value is -1.64. The Morgan fingerprint density at radius 1 is 1.10 bits per heavy atom. The fraction of sp³-hybridized carbons (Fsp3) is 0.333. The molecule has 0 heterocycles. The second-order valence-corrected chi connectivity index (χ2v) is 5.89. The molecule has 0 amide bonds. The van der Waals surface area contributed by atoms with Crippen molar-refractivity contribution >= 4 is 0 Å². The first kappa shape index (κ1) is 13.3. The van der Waals surface area contributed by atoms with E-state index in [1.165, 1.54) is 22.3 Å². The maximum absolute atomic E-state index is 6.27. The molecule has 2 unspecified atom stereocenters. The number of hydrogen-bond acceptors (Lipinski definition) is 2. The van der Waals surface area contributed by atoms with E-state index >= 15 is 0 Å². The zero-order chi connectivity index (χ0) is 14.1. The largest absolute Gasteiger partial charge is 0.324 e. The lowest BCUT2D eigenvalue weighted by Crippen LogP contribution is -2.23. The van der Waals surface area contributed by atoms with Gasteiger partial charge in [0.1, 0.15) is 0 Å². The molecule has 1 aliphatic carbocycles.